The van der Waals surface area contributed by atoms with Crippen LogP contribution in [0.15, 0.2) is 6.07 Å². The molecule has 0 bridgehead atoms. The van der Waals surface area contributed by atoms with Gasteiger partial charge < -0.3 is 14.8 Å². The number of hydrogen-bond donors (Lipinski definition) is 1. The van der Waals surface area contributed by atoms with Gasteiger partial charge in [0.2, 0.25) is 5.88 Å². The van der Waals surface area contributed by atoms with Gasteiger partial charge in [0.15, 0.2) is 5.82 Å². The van der Waals surface area contributed by atoms with Crippen LogP contribution in [0.25, 0.3) is 0 Å². The molecule has 0 amide bonds. The zero-order valence-electron chi connectivity index (χ0n) is 12.4. The van der Waals surface area contributed by atoms with E-state index in [0.717, 1.165) is 18.8 Å². The molecule has 1 aromatic rings. The summed E-state index contributed by atoms with van der Waals surface area (Å²) in [6.07, 6.45) is 2.34. The largest absolute Gasteiger partial charge is 0.477 e. The quantitative estimate of drug-likeness (QED) is 0.745. The molecule has 0 aliphatic heterocycles. The van der Waals surface area contributed by atoms with E-state index in [1.54, 1.807) is 7.11 Å². The van der Waals surface area contributed by atoms with Crippen molar-refractivity contribution in [3.8, 4) is 5.88 Å². The molecule has 0 fully saturated rings. The Bertz CT molecular complexity index is 347. The highest BCUT2D eigenvalue weighted by Gasteiger charge is 2.07. The second-order valence-electron chi connectivity index (χ2n) is 4.68. The number of methoxy groups -OCH3 is 1. The molecule has 108 valence electrons. The van der Waals surface area contributed by atoms with Crippen LogP contribution in [0.2, 0.25) is 0 Å². The Hall–Kier alpha value is -1.36. The molecule has 1 heterocycles. The van der Waals surface area contributed by atoms with Crippen molar-refractivity contribution in [2.24, 2.45) is 5.92 Å². The molecule has 1 N–H and O–H groups in total. The average Bonchev–Trinajstić information content (AvgIpc) is 2.37. The van der Waals surface area contributed by atoms with E-state index in [-0.39, 0.29) is 0 Å². The van der Waals surface area contributed by atoms with Gasteiger partial charge in [0, 0.05) is 19.7 Å². The maximum Gasteiger partial charge on any atom is 0.218 e. The van der Waals surface area contributed by atoms with Gasteiger partial charge in [0.05, 0.1) is 6.61 Å². The van der Waals surface area contributed by atoms with Crippen molar-refractivity contribution in [1.82, 2.24) is 9.97 Å². The van der Waals surface area contributed by atoms with Crippen LogP contribution >= 0.6 is 0 Å². The van der Waals surface area contributed by atoms with Gasteiger partial charge in [-0.05, 0) is 19.3 Å². The van der Waals surface area contributed by atoms with Crippen molar-refractivity contribution < 1.29 is 9.47 Å². The van der Waals surface area contributed by atoms with Crippen LogP contribution < -0.4 is 10.1 Å². The van der Waals surface area contributed by atoms with Crippen LogP contribution in [0.3, 0.4) is 0 Å². The van der Waals surface area contributed by atoms with Gasteiger partial charge >= 0.3 is 0 Å². The number of ether oxygens (including phenoxy) is 2. The zero-order valence-corrected chi connectivity index (χ0v) is 12.4. The molecule has 1 unspecified atom stereocenters. The number of rotatable bonds is 9. The lowest BCUT2D eigenvalue weighted by Crippen LogP contribution is -2.11. The van der Waals surface area contributed by atoms with Crippen LogP contribution in [-0.4, -0.2) is 30.2 Å². The summed E-state index contributed by atoms with van der Waals surface area (Å²) in [7, 11) is 1.63. The summed E-state index contributed by atoms with van der Waals surface area (Å²) >= 11 is 0. The van der Waals surface area contributed by atoms with Crippen molar-refractivity contribution in [2.75, 3.05) is 25.6 Å². The minimum Gasteiger partial charge on any atom is -0.477 e. The number of hydrogen-bond acceptors (Lipinski definition) is 5. The Labute approximate surface area is 115 Å². The molecule has 0 spiro atoms. The summed E-state index contributed by atoms with van der Waals surface area (Å²) in [6, 6.07) is 1.83. The van der Waals surface area contributed by atoms with E-state index in [0.29, 0.717) is 30.8 Å². The van der Waals surface area contributed by atoms with E-state index >= 15 is 0 Å². The van der Waals surface area contributed by atoms with Gasteiger partial charge in [-0.15, -0.1) is 0 Å². The number of aromatic nitrogens is 2. The summed E-state index contributed by atoms with van der Waals surface area (Å²) in [5.74, 6) is 2.57. The monoisotopic (exact) mass is 267 g/mol. The third kappa shape index (κ3) is 5.87. The summed E-state index contributed by atoms with van der Waals surface area (Å²) in [5.41, 5.74) is 0. The van der Waals surface area contributed by atoms with Crippen molar-refractivity contribution >= 4 is 5.82 Å². The first-order valence-corrected chi connectivity index (χ1v) is 6.93. The molecule has 1 aromatic heterocycles. The van der Waals surface area contributed by atoms with Crippen LogP contribution in [-0.2, 0) is 11.3 Å². The molecule has 5 heteroatoms. The zero-order chi connectivity index (χ0) is 14.1. The fourth-order valence-electron chi connectivity index (χ4n) is 1.82. The van der Waals surface area contributed by atoms with Crippen molar-refractivity contribution in [2.45, 2.75) is 40.2 Å². The van der Waals surface area contributed by atoms with Gasteiger partial charge in [0.1, 0.15) is 12.4 Å². The number of nitrogens with zero attached hydrogens (tertiary/aromatic N) is 2. The summed E-state index contributed by atoms with van der Waals surface area (Å²) in [4.78, 5) is 8.69. The lowest BCUT2D eigenvalue weighted by atomic mass is 10.1. The fourth-order valence-corrected chi connectivity index (χ4v) is 1.82. The molecule has 0 aliphatic rings. The fraction of sp³-hybridized carbons (Fsp3) is 0.714. The Morgan fingerprint density at radius 1 is 1.32 bits per heavy atom. The normalized spacial score (nSPS) is 12.2. The Morgan fingerprint density at radius 2 is 2.11 bits per heavy atom. The van der Waals surface area contributed by atoms with Crippen molar-refractivity contribution in [3.05, 3.63) is 11.9 Å². The molecule has 5 nitrogen and oxygen atoms in total. The van der Waals surface area contributed by atoms with Gasteiger partial charge in [-0.25, -0.2) is 4.98 Å². The maximum absolute atomic E-state index is 5.75. The van der Waals surface area contributed by atoms with Gasteiger partial charge in [-0.3, -0.25) is 0 Å². The van der Waals surface area contributed by atoms with E-state index in [4.69, 9.17) is 9.47 Å². The van der Waals surface area contributed by atoms with Crippen LogP contribution in [0.5, 0.6) is 5.88 Å². The van der Waals surface area contributed by atoms with Crippen molar-refractivity contribution in [1.29, 1.82) is 0 Å². The van der Waals surface area contributed by atoms with Crippen LogP contribution in [0.4, 0.5) is 5.82 Å². The first kappa shape index (κ1) is 15.7. The highest BCUT2D eigenvalue weighted by atomic mass is 16.5. The summed E-state index contributed by atoms with van der Waals surface area (Å²) in [6.45, 7) is 8.28. The predicted octanol–water partition coefficient (Wildman–Crippen LogP) is 2.87. The molecule has 0 saturated heterocycles. The first-order valence-electron chi connectivity index (χ1n) is 6.93. The van der Waals surface area contributed by atoms with E-state index in [9.17, 15) is 0 Å². The highest BCUT2D eigenvalue weighted by Crippen LogP contribution is 2.16. The second-order valence-corrected chi connectivity index (χ2v) is 4.68. The molecule has 0 aromatic carbocycles. The molecule has 19 heavy (non-hydrogen) atoms. The smallest absolute Gasteiger partial charge is 0.218 e. The third-order valence-electron chi connectivity index (χ3n) is 2.68. The topological polar surface area (TPSA) is 56.3 Å². The predicted molar refractivity (Wildman–Crippen MR) is 76.5 cm³/mol. The van der Waals surface area contributed by atoms with Crippen LogP contribution in [0, 0.1) is 5.92 Å². The highest BCUT2D eigenvalue weighted by molar-refractivity contribution is 5.38. The Morgan fingerprint density at radius 3 is 2.74 bits per heavy atom. The Kier molecular flexibility index (Phi) is 7.18. The van der Waals surface area contributed by atoms with Crippen molar-refractivity contribution in [3.63, 3.8) is 0 Å². The van der Waals surface area contributed by atoms with Gasteiger partial charge in [0.25, 0.3) is 0 Å². The van der Waals surface area contributed by atoms with Crippen LogP contribution in [0.1, 0.15) is 39.4 Å². The number of anilines is 1. The van der Waals surface area contributed by atoms with Gasteiger partial charge in [-0.1, -0.05) is 20.3 Å². The van der Waals surface area contributed by atoms with Gasteiger partial charge in [-0.2, -0.15) is 4.98 Å². The minimum absolute atomic E-state index is 0.389. The second kappa shape index (κ2) is 8.69. The van der Waals surface area contributed by atoms with E-state index < -0.39 is 0 Å². The first-order chi connectivity index (χ1) is 9.19. The number of nitrogens with one attached hydrogen (secondary N) is 1. The lowest BCUT2D eigenvalue weighted by Gasteiger charge is -2.13. The average molecular weight is 267 g/mol. The molecule has 1 atom stereocenters. The van der Waals surface area contributed by atoms with E-state index in [2.05, 4.69) is 29.1 Å². The lowest BCUT2D eigenvalue weighted by molar-refractivity contribution is 0.175. The minimum atomic E-state index is 0.389. The molecular formula is C14H25N3O2. The summed E-state index contributed by atoms with van der Waals surface area (Å²) < 4.78 is 10.8. The van der Waals surface area contributed by atoms with E-state index in [1.807, 2.05) is 13.0 Å². The molecule has 0 radical (unpaired) electrons. The molecule has 0 aliphatic carbocycles. The SMILES string of the molecule is CCCC(C)COc1cc(NCC)nc(COC)n1. The third-order valence-corrected chi connectivity index (χ3v) is 2.68. The summed E-state index contributed by atoms with van der Waals surface area (Å²) in [5, 5.41) is 3.17. The standard InChI is InChI=1S/C14H25N3O2/c1-5-7-11(3)9-19-14-8-12(15-6-2)16-13(17-14)10-18-4/h8,11H,5-7,9-10H2,1-4H3,(H,15,16,17). The van der Waals surface area contributed by atoms with E-state index in [1.165, 1.54) is 6.42 Å². The molecule has 1 rings (SSSR count). The Balaban J connectivity index is 2.69. The molecule has 0 saturated carbocycles. The molecular weight excluding hydrogens is 242 g/mol. The maximum atomic E-state index is 5.75.